The summed E-state index contributed by atoms with van der Waals surface area (Å²) >= 11 is 3.37. The molecule has 4 aromatic rings. The molecule has 0 saturated heterocycles. The second-order valence-electron chi connectivity index (χ2n) is 8.01. The van der Waals surface area contributed by atoms with Gasteiger partial charge in [0.1, 0.15) is 0 Å². The van der Waals surface area contributed by atoms with Crippen molar-refractivity contribution in [1.29, 1.82) is 0 Å². The van der Waals surface area contributed by atoms with E-state index >= 15 is 0 Å². The van der Waals surface area contributed by atoms with Crippen LogP contribution in [0.3, 0.4) is 0 Å². The summed E-state index contributed by atoms with van der Waals surface area (Å²) < 4.78 is 0. The van der Waals surface area contributed by atoms with E-state index in [0.717, 1.165) is 27.1 Å². The fraction of sp³-hybridized carbons (Fsp3) is 0.208. The van der Waals surface area contributed by atoms with E-state index in [1.807, 2.05) is 30.6 Å². The highest BCUT2D eigenvalue weighted by Crippen LogP contribution is 2.36. The van der Waals surface area contributed by atoms with E-state index in [-0.39, 0.29) is 5.41 Å². The Hall–Kier alpha value is -2.70. The van der Waals surface area contributed by atoms with Crippen molar-refractivity contribution in [3.63, 3.8) is 0 Å². The maximum Gasteiger partial charge on any atom is 0.210 e. The van der Waals surface area contributed by atoms with Crippen molar-refractivity contribution in [3.05, 3.63) is 84.2 Å². The van der Waals surface area contributed by atoms with Gasteiger partial charge in [0, 0.05) is 34.3 Å². The molecule has 6 heteroatoms. The third-order valence-corrected chi connectivity index (χ3v) is 6.71. The molecule has 4 rings (SSSR count). The molecule has 0 fully saturated rings. The van der Waals surface area contributed by atoms with Crippen LogP contribution >= 0.6 is 23.1 Å². The molecule has 0 bridgehead atoms. The van der Waals surface area contributed by atoms with E-state index < -0.39 is 0 Å². The largest absolute Gasteiger partial charge is 0.330 e. The number of nitrogens with zero attached hydrogens (tertiary/aromatic N) is 3. The lowest BCUT2D eigenvalue weighted by atomic mass is 9.87. The summed E-state index contributed by atoms with van der Waals surface area (Å²) in [6.45, 7) is 6.66. The summed E-state index contributed by atoms with van der Waals surface area (Å²) in [5, 5.41) is 13.9. The Labute approximate surface area is 185 Å². The molecule has 0 aliphatic rings. The number of anilines is 2. The van der Waals surface area contributed by atoms with Gasteiger partial charge in [-0.25, -0.2) is 0 Å². The van der Waals surface area contributed by atoms with Gasteiger partial charge < -0.3 is 5.32 Å². The van der Waals surface area contributed by atoms with Gasteiger partial charge in [-0.2, -0.15) is 0 Å². The van der Waals surface area contributed by atoms with Gasteiger partial charge in [0.05, 0.1) is 0 Å². The second-order valence-corrected chi connectivity index (χ2v) is 10.00. The van der Waals surface area contributed by atoms with Crippen molar-refractivity contribution >= 4 is 33.9 Å². The number of benzene rings is 2. The van der Waals surface area contributed by atoms with Crippen LogP contribution < -0.4 is 5.32 Å². The normalized spacial score (nSPS) is 11.4. The zero-order chi connectivity index (χ0) is 21.0. The number of hydrogen-bond acceptors (Lipinski definition) is 6. The van der Waals surface area contributed by atoms with Crippen LogP contribution in [0.25, 0.3) is 10.6 Å². The smallest absolute Gasteiger partial charge is 0.210 e. The number of nitrogens with one attached hydrogen (secondary N) is 1. The Balaban J connectivity index is 1.49. The third kappa shape index (κ3) is 5.07. The van der Waals surface area contributed by atoms with Crippen LogP contribution in [-0.2, 0) is 11.2 Å². The first-order valence-electron chi connectivity index (χ1n) is 9.81. The fourth-order valence-corrected chi connectivity index (χ4v) is 4.85. The minimum Gasteiger partial charge on any atom is -0.330 e. The topological polar surface area (TPSA) is 50.7 Å². The fourth-order valence-electron chi connectivity index (χ4n) is 2.97. The van der Waals surface area contributed by atoms with Crippen LogP contribution in [0.2, 0.25) is 0 Å². The first-order chi connectivity index (χ1) is 14.5. The van der Waals surface area contributed by atoms with Crippen molar-refractivity contribution in [1.82, 2.24) is 15.2 Å². The van der Waals surface area contributed by atoms with E-state index in [1.165, 1.54) is 16.0 Å². The van der Waals surface area contributed by atoms with Crippen molar-refractivity contribution < 1.29 is 0 Å². The molecule has 4 nitrogen and oxygen atoms in total. The molecule has 0 saturated carbocycles. The van der Waals surface area contributed by atoms with Crippen molar-refractivity contribution in [2.24, 2.45) is 0 Å². The van der Waals surface area contributed by atoms with Crippen LogP contribution in [0.4, 0.5) is 10.8 Å². The standard InChI is InChI=1S/C24H24N4S2/c1-24(2,3)18-8-10-19(11-9-18)26-23-28-27-22(30-23)20-6-4-5-7-21(20)29-16-17-12-14-25-15-13-17/h4-15H,16H2,1-3H3,(H,26,28). The number of rotatable bonds is 6. The van der Waals surface area contributed by atoms with Gasteiger partial charge >= 0.3 is 0 Å². The number of aromatic nitrogens is 3. The maximum absolute atomic E-state index is 4.44. The van der Waals surface area contributed by atoms with Gasteiger partial charge in [0.15, 0.2) is 5.01 Å². The lowest BCUT2D eigenvalue weighted by Gasteiger charge is -2.19. The van der Waals surface area contributed by atoms with E-state index in [1.54, 1.807) is 23.1 Å². The summed E-state index contributed by atoms with van der Waals surface area (Å²) in [5.74, 6) is 0.892. The molecular weight excluding hydrogens is 408 g/mol. The monoisotopic (exact) mass is 432 g/mol. The summed E-state index contributed by atoms with van der Waals surface area (Å²) in [6.07, 6.45) is 3.66. The molecule has 2 heterocycles. The molecule has 2 aromatic heterocycles. The van der Waals surface area contributed by atoms with Gasteiger partial charge in [-0.05, 0) is 46.9 Å². The quantitative estimate of drug-likeness (QED) is 0.335. The lowest BCUT2D eigenvalue weighted by molar-refractivity contribution is 0.590. The molecule has 0 aliphatic carbocycles. The number of pyridine rings is 1. The highest BCUT2D eigenvalue weighted by atomic mass is 32.2. The van der Waals surface area contributed by atoms with Gasteiger partial charge in [-0.1, -0.05) is 62.4 Å². The first kappa shape index (κ1) is 20.6. The van der Waals surface area contributed by atoms with Gasteiger partial charge in [0.25, 0.3) is 0 Å². The van der Waals surface area contributed by atoms with Gasteiger partial charge in [0.2, 0.25) is 5.13 Å². The zero-order valence-electron chi connectivity index (χ0n) is 17.3. The molecule has 152 valence electrons. The predicted octanol–water partition coefficient (Wildman–Crippen LogP) is 6.93. The average molecular weight is 433 g/mol. The molecule has 0 spiro atoms. The van der Waals surface area contributed by atoms with Crippen LogP contribution in [0.15, 0.2) is 78.0 Å². The lowest BCUT2D eigenvalue weighted by Crippen LogP contribution is -2.10. The van der Waals surface area contributed by atoms with Crippen molar-refractivity contribution in [2.45, 2.75) is 36.8 Å². The van der Waals surface area contributed by atoms with Crippen LogP contribution in [0.5, 0.6) is 0 Å². The van der Waals surface area contributed by atoms with E-state index in [2.05, 4.69) is 83.7 Å². The molecule has 30 heavy (non-hydrogen) atoms. The molecule has 1 N–H and O–H groups in total. The number of hydrogen-bond donors (Lipinski definition) is 1. The minimum atomic E-state index is 0.145. The maximum atomic E-state index is 4.44. The van der Waals surface area contributed by atoms with Crippen LogP contribution in [-0.4, -0.2) is 15.2 Å². The second kappa shape index (κ2) is 8.98. The predicted molar refractivity (Wildman–Crippen MR) is 128 cm³/mol. The Kier molecular flexibility index (Phi) is 6.16. The van der Waals surface area contributed by atoms with E-state index in [9.17, 15) is 0 Å². The molecule has 0 radical (unpaired) electrons. The van der Waals surface area contributed by atoms with E-state index in [4.69, 9.17) is 0 Å². The Morgan fingerprint density at radius 1 is 0.900 bits per heavy atom. The zero-order valence-corrected chi connectivity index (χ0v) is 18.9. The summed E-state index contributed by atoms with van der Waals surface area (Å²) in [7, 11) is 0. The van der Waals surface area contributed by atoms with Gasteiger partial charge in [-0.3, -0.25) is 4.98 Å². The Morgan fingerprint density at radius 3 is 2.37 bits per heavy atom. The minimum absolute atomic E-state index is 0.145. The molecule has 2 aromatic carbocycles. The Bertz CT molecular complexity index is 1100. The first-order valence-corrected chi connectivity index (χ1v) is 11.6. The molecule has 0 amide bonds. The van der Waals surface area contributed by atoms with Crippen LogP contribution in [0, 0.1) is 0 Å². The molecule has 0 aliphatic heterocycles. The van der Waals surface area contributed by atoms with E-state index in [0.29, 0.717) is 0 Å². The SMILES string of the molecule is CC(C)(C)c1ccc(Nc2nnc(-c3ccccc3SCc3ccncc3)s2)cc1. The number of thioether (sulfide) groups is 1. The van der Waals surface area contributed by atoms with Crippen molar-refractivity contribution in [2.75, 3.05) is 5.32 Å². The van der Waals surface area contributed by atoms with Crippen molar-refractivity contribution in [3.8, 4) is 10.6 Å². The Morgan fingerprint density at radius 2 is 1.63 bits per heavy atom. The van der Waals surface area contributed by atoms with Gasteiger partial charge in [-0.15, -0.1) is 22.0 Å². The average Bonchev–Trinajstić information content (AvgIpc) is 3.21. The summed E-state index contributed by atoms with van der Waals surface area (Å²) in [6, 6.07) is 21.0. The summed E-state index contributed by atoms with van der Waals surface area (Å²) in [5.41, 5.74) is 4.84. The highest BCUT2D eigenvalue weighted by Gasteiger charge is 2.14. The molecular formula is C24H24N4S2. The highest BCUT2D eigenvalue weighted by molar-refractivity contribution is 7.98. The molecule has 0 unspecified atom stereocenters. The third-order valence-electron chi connectivity index (χ3n) is 4.69. The summed E-state index contributed by atoms with van der Waals surface area (Å²) in [4.78, 5) is 5.29. The van der Waals surface area contributed by atoms with Crippen LogP contribution in [0.1, 0.15) is 31.9 Å². The molecule has 0 atom stereocenters.